The van der Waals surface area contributed by atoms with Crippen molar-refractivity contribution in [2.75, 3.05) is 11.9 Å². The third kappa shape index (κ3) is 5.94. The van der Waals surface area contributed by atoms with Crippen LogP contribution in [0, 0.1) is 12.8 Å². The third-order valence-corrected chi connectivity index (χ3v) is 6.11. The summed E-state index contributed by atoms with van der Waals surface area (Å²) in [5, 5.41) is 6.99. The van der Waals surface area contributed by atoms with Crippen molar-refractivity contribution in [3.63, 3.8) is 0 Å². The Hall–Kier alpha value is -3.29. The number of hydrogen-bond donors (Lipinski definition) is 2. The Balaban J connectivity index is 1.37. The summed E-state index contributed by atoms with van der Waals surface area (Å²) in [6.07, 6.45) is 0. The van der Waals surface area contributed by atoms with E-state index in [0.717, 1.165) is 21.8 Å². The van der Waals surface area contributed by atoms with Crippen LogP contribution in [0.1, 0.15) is 29.8 Å². The van der Waals surface area contributed by atoms with Crippen LogP contribution in [0.5, 0.6) is 5.75 Å². The van der Waals surface area contributed by atoms with Crippen LogP contribution >= 0.6 is 23.6 Å². The second-order valence-corrected chi connectivity index (χ2v) is 9.65. The number of nitrogens with zero attached hydrogens (tertiary/aromatic N) is 1. The van der Waals surface area contributed by atoms with E-state index in [0.29, 0.717) is 23.8 Å². The number of carbonyl (C=O) groups excluding carboxylic acids is 1. The normalized spacial score (nSPS) is 10.9. The monoisotopic (exact) mass is 475 g/mol. The standard InChI is InChI=1S/C26H25N3O2S2/c1-16(2)15-31-21-6-4-5-19(14-21)24(30)29-26(32)27-20-10-8-18(9-11-20)25-28-22-12-7-17(3)13-23(22)33-25/h4-14,16H,15H2,1-3H3,(H2,27,29,30,32). The Labute approximate surface area is 202 Å². The summed E-state index contributed by atoms with van der Waals surface area (Å²) in [5.74, 6) is 0.782. The van der Waals surface area contributed by atoms with E-state index in [2.05, 4.69) is 43.5 Å². The van der Waals surface area contributed by atoms with E-state index in [1.807, 2.05) is 36.4 Å². The van der Waals surface area contributed by atoms with Gasteiger partial charge in [0.1, 0.15) is 10.8 Å². The molecule has 7 heteroatoms. The maximum Gasteiger partial charge on any atom is 0.257 e. The number of amides is 1. The van der Waals surface area contributed by atoms with Gasteiger partial charge in [-0.05, 0) is 85.2 Å². The number of carbonyl (C=O) groups is 1. The molecule has 0 bridgehead atoms. The zero-order chi connectivity index (χ0) is 23.4. The molecule has 0 aliphatic rings. The number of nitrogens with one attached hydrogen (secondary N) is 2. The van der Waals surface area contributed by atoms with E-state index in [1.54, 1.807) is 29.5 Å². The first-order chi connectivity index (χ1) is 15.9. The van der Waals surface area contributed by atoms with Gasteiger partial charge in [-0.1, -0.05) is 26.0 Å². The molecule has 0 atom stereocenters. The van der Waals surface area contributed by atoms with Crippen LogP contribution in [0.15, 0.2) is 66.7 Å². The summed E-state index contributed by atoms with van der Waals surface area (Å²) in [7, 11) is 0. The van der Waals surface area contributed by atoms with Crippen molar-refractivity contribution in [1.29, 1.82) is 0 Å². The lowest BCUT2D eigenvalue weighted by Gasteiger charge is -2.12. The van der Waals surface area contributed by atoms with Crippen molar-refractivity contribution in [2.24, 2.45) is 5.92 Å². The summed E-state index contributed by atoms with van der Waals surface area (Å²) >= 11 is 7.00. The van der Waals surface area contributed by atoms with Crippen LogP contribution in [0.25, 0.3) is 20.8 Å². The zero-order valence-electron chi connectivity index (χ0n) is 18.7. The number of ether oxygens (including phenoxy) is 1. The Morgan fingerprint density at radius 1 is 1.09 bits per heavy atom. The zero-order valence-corrected chi connectivity index (χ0v) is 20.3. The van der Waals surface area contributed by atoms with Crippen LogP contribution in [0.2, 0.25) is 0 Å². The van der Waals surface area contributed by atoms with Crippen LogP contribution in [0.3, 0.4) is 0 Å². The Morgan fingerprint density at radius 2 is 1.88 bits per heavy atom. The van der Waals surface area contributed by atoms with Gasteiger partial charge < -0.3 is 10.1 Å². The average molecular weight is 476 g/mol. The molecule has 0 saturated carbocycles. The minimum absolute atomic E-state index is 0.233. The summed E-state index contributed by atoms with van der Waals surface area (Å²) in [5.41, 5.74) is 4.54. The predicted molar refractivity (Wildman–Crippen MR) is 140 cm³/mol. The van der Waals surface area contributed by atoms with Gasteiger partial charge in [-0.25, -0.2) is 4.98 Å². The average Bonchev–Trinajstić information content (AvgIpc) is 3.21. The molecule has 5 nitrogen and oxygen atoms in total. The van der Waals surface area contributed by atoms with Gasteiger partial charge in [-0.3, -0.25) is 10.1 Å². The first-order valence-electron chi connectivity index (χ1n) is 10.7. The summed E-state index contributed by atoms with van der Waals surface area (Å²) in [6, 6.07) is 21.2. The van der Waals surface area contributed by atoms with Gasteiger partial charge in [-0.2, -0.15) is 0 Å². The second-order valence-electron chi connectivity index (χ2n) is 8.21. The molecule has 4 aromatic rings. The highest BCUT2D eigenvalue weighted by molar-refractivity contribution is 7.80. The van der Waals surface area contributed by atoms with E-state index < -0.39 is 0 Å². The number of aryl methyl sites for hydroxylation is 1. The van der Waals surface area contributed by atoms with Crippen molar-refractivity contribution < 1.29 is 9.53 Å². The van der Waals surface area contributed by atoms with E-state index in [1.165, 1.54) is 10.3 Å². The number of rotatable bonds is 6. The number of benzene rings is 3. The molecule has 1 heterocycles. The molecular weight excluding hydrogens is 450 g/mol. The highest BCUT2D eigenvalue weighted by Gasteiger charge is 2.11. The third-order valence-electron chi connectivity index (χ3n) is 4.84. The smallest absolute Gasteiger partial charge is 0.257 e. The molecule has 0 aliphatic carbocycles. The van der Waals surface area contributed by atoms with Gasteiger partial charge in [0, 0.05) is 16.8 Å². The van der Waals surface area contributed by atoms with Crippen molar-refractivity contribution in [1.82, 2.24) is 10.3 Å². The van der Waals surface area contributed by atoms with Crippen molar-refractivity contribution in [2.45, 2.75) is 20.8 Å². The number of anilines is 1. The van der Waals surface area contributed by atoms with E-state index in [9.17, 15) is 4.79 Å². The lowest BCUT2D eigenvalue weighted by Crippen LogP contribution is -2.34. The van der Waals surface area contributed by atoms with Gasteiger partial charge in [-0.15, -0.1) is 11.3 Å². The van der Waals surface area contributed by atoms with E-state index in [-0.39, 0.29) is 11.0 Å². The topological polar surface area (TPSA) is 63.2 Å². The second kappa shape index (κ2) is 10.1. The van der Waals surface area contributed by atoms with Gasteiger partial charge in [0.25, 0.3) is 5.91 Å². The molecule has 4 rings (SSSR count). The SMILES string of the molecule is Cc1ccc2nc(-c3ccc(NC(=S)NC(=O)c4cccc(OCC(C)C)c4)cc3)sc2c1. The Morgan fingerprint density at radius 3 is 2.64 bits per heavy atom. The van der Waals surface area contributed by atoms with E-state index in [4.69, 9.17) is 21.9 Å². The predicted octanol–water partition coefficient (Wildman–Crippen LogP) is 6.43. The quantitative estimate of drug-likeness (QED) is 0.315. The maximum absolute atomic E-state index is 12.6. The molecule has 2 N–H and O–H groups in total. The molecule has 168 valence electrons. The first-order valence-corrected chi connectivity index (χ1v) is 11.9. The number of thiocarbonyl (C=S) groups is 1. The van der Waals surface area contributed by atoms with E-state index >= 15 is 0 Å². The molecule has 0 radical (unpaired) electrons. The molecule has 0 fully saturated rings. The number of aromatic nitrogens is 1. The Bertz CT molecular complexity index is 1300. The summed E-state index contributed by atoms with van der Waals surface area (Å²) < 4.78 is 6.87. The summed E-state index contributed by atoms with van der Waals surface area (Å²) in [6.45, 7) is 6.83. The molecule has 33 heavy (non-hydrogen) atoms. The summed E-state index contributed by atoms with van der Waals surface area (Å²) in [4.78, 5) is 17.3. The van der Waals surface area contributed by atoms with Crippen molar-refractivity contribution >= 4 is 50.5 Å². The fourth-order valence-electron chi connectivity index (χ4n) is 3.18. The van der Waals surface area contributed by atoms with Crippen molar-refractivity contribution in [3.05, 3.63) is 77.9 Å². The Kier molecular flexibility index (Phi) is 7.01. The van der Waals surface area contributed by atoms with Gasteiger partial charge >= 0.3 is 0 Å². The maximum atomic E-state index is 12.6. The van der Waals surface area contributed by atoms with Gasteiger partial charge in [0.2, 0.25) is 0 Å². The van der Waals surface area contributed by atoms with Crippen LogP contribution in [0.4, 0.5) is 5.69 Å². The lowest BCUT2D eigenvalue weighted by atomic mass is 10.2. The first kappa shape index (κ1) is 22.9. The highest BCUT2D eigenvalue weighted by atomic mass is 32.1. The number of thiazole rings is 1. The molecule has 1 amide bonds. The fourth-order valence-corrected chi connectivity index (χ4v) is 4.46. The number of fused-ring (bicyclic) bond motifs is 1. The van der Waals surface area contributed by atoms with Crippen LogP contribution < -0.4 is 15.4 Å². The van der Waals surface area contributed by atoms with Gasteiger partial charge in [0.15, 0.2) is 5.11 Å². The molecular formula is C26H25N3O2S2. The van der Waals surface area contributed by atoms with Crippen molar-refractivity contribution in [3.8, 4) is 16.3 Å². The fraction of sp³-hybridized carbons (Fsp3) is 0.192. The van der Waals surface area contributed by atoms with Crippen LogP contribution in [-0.4, -0.2) is 22.6 Å². The molecule has 0 saturated heterocycles. The lowest BCUT2D eigenvalue weighted by molar-refractivity contribution is 0.0977. The molecule has 0 unspecified atom stereocenters. The molecule has 0 aliphatic heterocycles. The molecule has 1 aromatic heterocycles. The molecule has 0 spiro atoms. The number of hydrogen-bond acceptors (Lipinski definition) is 5. The minimum atomic E-state index is -0.288. The highest BCUT2D eigenvalue weighted by Crippen LogP contribution is 2.31. The minimum Gasteiger partial charge on any atom is -0.493 e. The largest absolute Gasteiger partial charge is 0.493 e. The molecule has 3 aromatic carbocycles. The van der Waals surface area contributed by atoms with Crippen LogP contribution in [-0.2, 0) is 0 Å². The van der Waals surface area contributed by atoms with Gasteiger partial charge in [0.05, 0.1) is 16.8 Å².